The van der Waals surface area contributed by atoms with Crippen LogP contribution in [0.15, 0.2) is 35.2 Å². The van der Waals surface area contributed by atoms with Gasteiger partial charge in [-0.3, -0.25) is 0 Å². The Bertz CT molecular complexity index is 247. The molecule has 0 nitrogen and oxygen atoms in total. The maximum Gasteiger partial charge on any atom is 0.433 e. The van der Waals surface area contributed by atoms with Crippen molar-refractivity contribution in [2.24, 2.45) is 0 Å². The molecule has 6 heteroatoms. The third-order valence-corrected chi connectivity index (χ3v) is 1.55. The Labute approximate surface area is 89.3 Å². The molecule has 0 radical (unpaired) electrons. The molecule has 1 unspecified atom stereocenters. The Kier molecular flexibility index (Phi) is 5.95. The van der Waals surface area contributed by atoms with Crippen LogP contribution < -0.4 is 0 Å². The molecular weight excluding hydrogens is 240 g/mol. The lowest BCUT2D eigenvalue weighted by molar-refractivity contribution is -0.156. The number of halogens is 5. The molecule has 0 aromatic heterocycles. The quantitative estimate of drug-likeness (QED) is 0.398. The summed E-state index contributed by atoms with van der Waals surface area (Å²) in [5.74, 6) is 0. The van der Waals surface area contributed by atoms with Crippen molar-refractivity contribution < 1.29 is 17.6 Å². The van der Waals surface area contributed by atoms with Crippen LogP contribution in [0.1, 0.15) is 0 Å². The average molecular weight is 247 g/mol. The maximum absolute atomic E-state index is 10.8. The molecular formula is C8H7ClF4S. The van der Waals surface area contributed by atoms with Crippen molar-refractivity contribution in [1.29, 1.82) is 0 Å². The molecule has 0 bridgehead atoms. The average Bonchev–Trinajstić information content (AvgIpc) is 2.04. The van der Waals surface area contributed by atoms with Crippen LogP contribution in [-0.2, 0) is 0 Å². The fourth-order valence-electron chi connectivity index (χ4n) is 0.428. The van der Waals surface area contributed by atoms with Crippen molar-refractivity contribution in [3.63, 3.8) is 0 Å². The van der Waals surface area contributed by atoms with E-state index in [1.807, 2.05) is 30.3 Å². The van der Waals surface area contributed by atoms with Crippen molar-refractivity contribution >= 4 is 24.2 Å². The Hall–Kier alpha value is -0.420. The highest BCUT2D eigenvalue weighted by atomic mass is 35.5. The number of rotatable bonds is 0. The number of thiol groups is 1. The van der Waals surface area contributed by atoms with E-state index < -0.39 is 11.8 Å². The summed E-state index contributed by atoms with van der Waals surface area (Å²) in [6, 6.07) is 9.79. The first-order chi connectivity index (χ1) is 6.34. The molecule has 1 rings (SSSR count). The van der Waals surface area contributed by atoms with Gasteiger partial charge in [0.15, 0.2) is 0 Å². The van der Waals surface area contributed by atoms with Gasteiger partial charge in [0.2, 0.25) is 0 Å². The SMILES string of the molecule is FC(Cl)C(F)(F)F.Sc1ccccc1. The fourth-order valence-corrected chi connectivity index (χ4v) is 0.600. The van der Waals surface area contributed by atoms with E-state index in [0.29, 0.717) is 0 Å². The van der Waals surface area contributed by atoms with Crippen molar-refractivity contribution in [3.05, 3.63) is 30.3 Å². The Morgan fingerprint density at radius 3 is 1.64 bits per heavy atom. The molecule has 0 aliphatic rings. The molecule has 1 aromatic rings. The monoisotopic (exact) mass is 246 g/mol. The normalized spacial score (nSPS) is 12.7. The zero-order chi connectivity index (χ0) is 11.2. The van der Waals surface area contributed by atoms with E-state index in [1.54, 1.807) is 0 Å². The van der Waals surface area contributed by atoms with E-state index in [4.69, 9.17) is 0 Å². The van der Waals surface area contributed by atoms with Gasteiger partial charge >= 0.3 is 6.18 Å². The second kappa shape index (κ2) is 6.14. The third kappa shape index (κ3) is 7.03. The van der Waals surface area contributed by atoms with E-state index in [1.165, 1.54) is 0 Å². The van der Waals surface area contributed by atoms with Crippen LogP contribution in [0.25, 0.3) is 0 Å². The van der Waals surface area contributed by atoms with Crippen LogP contribution >= 0.6 is 24.2 Å². The largest absolute Gasteiger partial charge is 0.433 e. The lowest BCUT2D eigenvalue weighted by atomic mass is 10.4. The van der Waals surface area contributed by atoms with Crippen molar-refractivity contribution in [3.8, 4) is 0 Å². The maximum atomic E-state index is 10.8. The minimum atomic E-state index is -4.90. The van der Waals surface area contributed by atoms with E-state index >= 15 is 0 Å². The van der Waals surface area contributed by atoms with E-state index in [0.717, 1.165) is 4.90 Å². The number of alkyl halides is 5. The molecule has 1 atom stereocenters. The molecule has 0 spiro atoms. The van der Waals surface area contributed by atoms with Crippen molar-refractivity contribution in [2.75, 3.05) is 0 Å². The summed E-state index contributed by atoms with van der Waals surface area (Å²) >= 11 is 8.05. The minimum absolute atomic E-state index is 1.02. The van der Waals surface area contributed by atoms with Gasteiger partial charge in [-0.2, -0.15) is 13.2 Å². The Balaban J connectivity index is 0.000000241. The fraction of sp³-hybridized carbons (Fsp3) is 0.250. The zero-order valence-electron chi connectivity index (χ0n) is 6.80. The van der Waals surface area contributed by atoms with Crippen LogP contribution in [0.5, 0.6) is 0 Å². The number of hydrogen-bond acceptors (Lipinski definition) is 1. The summed E-state index contributed by atoms with van der Waals surface area (Å²) in [5.41, 5.74) is -3.23. The topological polar surface area (TPSA) is 0 Å². The highest BCUT2D eigenvalue weighted by Gasteiger charge is 2.38. The van der Waals surface area contributed by atoms with Gasteiger partial charge in [-0.1, -0.05) is 29.8 Å². The summed E-state index contributed by atoms with van der Waals surface area (Å²) < 4.78 is 42.9. The first kappa shape index (κ1) is 13.6. The molecule has 0 saturated heterocycles. The van der Waals surface area contributed by atoms with Gasteiger partial charge in [-0.25, -0.2) is 4.39 Å². The Morgan fingerprint density at radius 2 is 1.50 bits per heavy atom. The molecule has 0 fully saturated rings. The molecule has 0 N–H and O–H groups in total. The molecule has 1 aromatic carbocycles. The first-order valence-electron chi connectivity index (χ1n) is 3.43. The predicted molar refractivity (Wildman–Crippen MR) is 50.5 cm³/mol. The van der Waals surface area contributed by atoms with Crippen molar-refractivity contribution in [2.45, 2.75) is 16.7 Å². The molecule has 0 aliphatic heterocycles. The van der Waals surface area contributed by atoms with Gasteiger partial charge in [0.05, 0.1) is 0 Å². The molecule has 0 heterocycles. The molecule has 0 aliphatic carbocycles. The van der Waals surface area contributed by atoms with Crippen molar-refractivity contribution in [1.82, 2.24) is 0 Å². The van der Waals surface area contributed by atoms with Gasteiger partial charge < -0.3 is 0 Å². The third-order valence-electron chi connectivity index (χ3n) is 1.00. The summed E-state index contributed by atoms with van der Waals surface area (Å²) in [6.45, 7) is 0. The number of hydrogen-bond donors (Lipinski definition) is 1. The smallest absolute Gasteiger partial charge is 0.220 e. The van der Waals surface area contributed by atoms with Gasteiger partial charge in [-0.15, -0.1) is 12.6 Å². The van der Waals surface area contributed by atoms with Gasteiger partial charge in [0, 0.05) is 4.90 Å². The molecule has 0 saturated carbocycles. The van der Waals surface area contributed by atoms with E-state index in [2.05, 4.69) is 24.2 Å². The summed E-state index contributed by atoms with van der Waals surface area (Å²) in [5, 5.41) is 0. The van der Waals surface area contributed by atoms with Gasteiger partial charge in [0.1, 0.15) is 0 Å². The summed E-state index contributed by atoms with van der Waals surface area (Å²) in [6.07, 6.45) is -4.90. The highest BCUT2D eigenvalue weighted by Crippen LogP contribution is 2.24. The molecule has 80 valence electrons. The predicted octanol–water partition coefficient (Wildman–Crippen LogP) is 4.06. The van der Waals surface area contributed by atoms with Gasteiger partial charge in [-0.05, 0) is 12.1 Å². The van der Waals surface area contributed by atoms with Crippen LogP contribution in [0.2, 0.25) is 0 Å². The first-order valence-corrected chi connectivity index (χ1v) is 4.31. The second-order valence-corrected chi connectivity index (χ2v) is 3.08. The summed E-state index contributed by atoms with van der Waals surface area (Å²) in [7, 11) is 0. The molecule has 14 heavy (non-hydrogen) atoms. The minimum Gasteiger partial charge on any atom is -0.220 e. The van der Waals surface area contributed by atoms with Gasteiger partial charge in [0.25, 0.3) is 5.63 Å². The molecule has 0 amide bonds. The summed E-state index contributed by atoms with van der Waals surface area (Å²) in [4.78, 5) is 1.02. The van der Waals surface area contributed by atoms with Crippen LogP contribution in [0.3, 0.4) is 0 Å². The van der Waals surface area contributed by atoms with Crippen LogP contribution in [0, 0.1) is 0 Å². The van der Waals surface area contributed by atoms with Crippen LogP contribution in [0.4, 0.5) is 17.6 Å². The second-order valence-electron chi connectivity index (χ2n) is 2.18. The lowest BCUT2D eigenvalue weighted by Crippen LogP contribution is -2.17. The number of benzene rings is 1. The lowest BCUT2D eigenvalue weighted by Gasteiger charge is -2.01. The Morgan fingerprint density at radius 1 is 1.14 bits per heavy atom. The standard InChI is InChI=1S/C6H6S.C2HClF4/c7-6-4-2-1-3-5-6;3-1(4)2(5,6)7/h1-5,7H;1H. The highest BCUT2D eigenvalue weighted by molar-refractivity contribution is 7.80. The zero-order valence-corrected chi connectivity index (χ0v) is 8.45. The van der Waals surface area contributed by atoms with E-state index in [9.17, 15) is 17.6 Å². The van der Waals surface area contributed by atoms with E-state index in [-0.39, 0.29) is 0 Å². The van der Waals surface area contributed by atoms with Crippen LogP contribution in [-0.4, -0.2) is 11.8 Å².